The van der Waals surface area contributed by atoms with E-state index in [1.165, 1.54) is 0 Å². The molecule has 17 heavy (non-hydrogen) atoms. The van der Waals surface area contributed by atoms with Crippen molar-refractivity contribution in [3.63, 3.8) is 0 Å². The third-order valence-corrected chi connectivity index (χ3v) is 2.40. The molecule has 0 aliphatic rings. The molecule has 0 aliphatic heterocycles. The van der Waals surface area contributed by atoms with E-state index in [2.05, 4.69) is 11.8 Å². The molecule has 2 rings (SSSR count). The first-order valence-corrected chi connectivity index (χ1v) is 5.48. The molecule has 0 fully saturated rings. The highest BCUT2D eigenvalue weighted by Gasteiger charge is 1.91. The molecular weight excluding hydrogens is 208 g/mol. The van der Waals surface area contributed by atoms with E-state index in [-0.39, 0.29) is 0 Å². The summed E-state index contributed by atoms with van der Waals surface area (Å²) in [7, 11) is 0. The maximum absolute atomic E-state index is 10.3. The van der Waals surface area contributed by atoms with Crippen LogP contribution in [0.15, 0.2) is 54.6 Å². The van der Waals surface area contributed by atoms with Gasteiger partial charge in [-0.05, 0) is 29.8 Å². The molecule has 1 heteroatoms. The minimum absolute atomic E-state index is 0.465. The van der Waals surface area contributed by atoms with Gasteiger partial charge in [0.15, 0.2) is 0 Å². The number of hydrogen-bond acceptors (Lipinski definition) is 1. The number of aldehydes is 1. The Bertz CT molecular complexity index is 542. The number of carbonyl (C=O) groups excluding carboxylic acids is 1. The van der Waals surface area contributed by atoms with Crippen LogP contribution in [0.3, 0.4) is 0 Å². The van der Waals surface area contributed by atoms with E-state index < -0.39 is 0 Å². The zero-order valence-corrected chi connectivity index (χ0v) is 9.39. The zero-order valence-electron chi connectivity index (χ0n) is 9.39. The van der Waals surface area contributed by atoms with Gasteiger partial charge in [0.05, 0.1) is 0 Å². The first-order valence-electron chi connectivity index (χ1n) is 5.48. The van der Waals surface area contributed by atoms with Crippen LogP contribution in [0.2, 0.25) is 0 Å². The molecule has 0 amide bonds. The van der Waals surface area contributed by atoms with Crippen LogP contribution in [-0.2, 0) is 11.2 Å². The van der Waals surface area contributed by atoms with E-state index in [4.69, 9.17) is 0 Å². The SMILES string of the molecule is O=CCc1ccc(C#Cc2ccccc2)cc1. The summed E-state index contributed by atoms with van der Waals surface area (Å²) in [6.45, 7) is 0. The fourth-order valence-corrected chi connectivity index (χ4v) is 1.49. The summed E-state index contributed by atoms with van der Waals surface area (Å²) < 4.78 is 0. The van der Waals surface area contributed by atoms with Gasteiger partial charge in [0, 0.05) is 17.5 Å². The predicted molar refractivity (Wildman–Crippen MR) is 68.6 cm³/mol. The van der Waals surface area contributed by atoms with Gasteiger partial charge >= 0.3 is 0 Å². The third-order valence-electron chi connectivity index (χ3n) is 2.40. The summed E-state index contributed by atoms with van der Waals surface area (Å²) >= 11 is 0. The largest absolute Gasteiger partial charge is 0.303 e. The van der Waals surface area contributed by atoms with Crippen molar-refractivity contribution in [3.05, 3.63) is 71.3 Å². The van der Waals surface area contributed by atoms with E-state index in [9.17, 15) is 4.79 Å². The molecule has 0 saturated carbocycles. The lowest BCUT2D eigenvalue weighted by Gasteiger charge is -1.94. The summed E-state index contributed by atoms with van der Waals surface area (Å²) in [5.41, 5.74) is 2.98. The first-order chi connectivity index (χ1) is 8.38. The highest BCUT2D eigenvalue weighted by atomic mass is 16.1. The van der Waals surface area contributed by atoms with Gasteiger partial charge in [-0.15, -0.1) is 0 Å². The fourth-order valence-electron chi connectivity index (χ4n) is 1.49. The number of benzene rings is 2. The summed E-state index contributed by atoms with van der Waals surface area (Å²) in [6, 6.07) is 17.6. The quantitative estimate of drug-likeness (QED) is 0.562. The maximum Gasteiger partial charge on any atom is 0.124 e. The van der Waals surface area contributed by atoms with Crippen LogP contribution in [0, 0.1) is 11.8 Å². The number of rotatable bonds is 2. The van der Waals surface area contributed by atoms with Crippen LogP contribution in [0.1, 0.15) is 16.7 Å². The standard InChI is InChI=1S/C16H12O/c17-13-12-16-10-8-15(9-11-16)7-6-14-4-2-1-3-5-14/h1-5,8-11,13H,12H2. The molecule has 82 valence electrons. The van der Waals surface area contributed by atoms with Gasteiger partial charge in [0.1, 0.15) is 6.29 Å². The second kappa shape index (κ2) is 5.67. The van der Waals surface area contributed by atoms with Gasteiger partial charge in [0.2, 0.25) is 0 Å². The second-order valence-corrected chi connectivity index (χ2v) is 3.68. The average Bonchev–Trinajstić information content (AvgIpc) is 2.40. The van der Waals surface area contributed by atoms with Crippen LogP contribution < -0.4 is 0 Å². The van der Waals surface area contributed by atoms with Crippen LogP contribution >= 0.6 is 0 Å². The molecule has 0 saturated heterocycles. The monoisotopic (exact) mass is 220 g/mol. The van der Waals surface area contributed by atoms with Crippen LogP contribution in [0.25, 0.3) is 0 Å². The Morgan fingerprint density at radius 1 is 0.824 bits per heavy atom. The summed E-state index contributed by atoms with van der Waals surface area (Å²) in [5, 5.41) is 0. The molecule has 1 nitrogen and oxygen atoms in total. The molecule has 2 aromatic carbocycles. The van der Waals surface area contributed by atoms with E-state index in [0.29, 0.717) is 6.42 Å². The topological polar surface area (TPSA) is 17.1 Å². The van der Waals surface area contributed by atoms with Crippen molar-refractivity contribution in [1.82, 2.24) is 0 Å². The molecule has 0 aliphatic carbocycles. The van der Waals surface area contributed by atoms with Gasteiger partial charge in [-0.1, -0.05) is 42.2 Å². The van der Waals surface area contributed by atoms with Crippen LogP contribution in [0.4, 0.5) is 0 Å². The van der Waals surface area contributed by atoms with E-state index in [1.807, 2.05) is 54.6 Å². The van der Waals surface area contributed by atoms with Crippen molar-refractivity contribution in [2.45, 2.75) is 6.42 Å². The zero-order chi connectivity index (χ0) is 11.9. The highest BCUT2D eigenvalue weighted by Crippen LogP contribution is 2.04. The minimum atomic E-state index is 0.465. The lowest BCUT2D eigenvalue weighted by atomic mass is 10.1. The average molecular weight is 220 g/mol. The van der Waals surface area contributed by atoms with Crippen molar-refractivity contribution < 1.29 is 4.79 Å². The molecule has 0 aromatic heterocycles. The predicted octanol–water partition coefficient (Wildman–Crippen LogP) is 2.83. The van der Waals surface area contributed by atoms with Gasteiger partial charge < -0.3 is 4.79 Å². The van der Waals surface area contributed by atoms with Crippen molar-refractivity contribution in [3.8, 4) is 11.8 Å². The molecular formula is C16H12O. The Balaban J connectivity index is 2.14. The van der Waals surface area contributed by atoms with Crippen molar-refractivity contribution in [2.75, 3.05) is 0 Å². The number of hydrogen-bond donors (Lipinski definition) is 0. The molecule has 0 spiro atoms. The maximum atomic E-state index is 10.3. The van der Waals surface area contributed by atoms with Crippen molar-refractivity contribution >= 4 is 6.29 Å². The molecule has 0 N–H and O–H groups in total. The third kappa shape index (κ3) is 3.32. The van der Waals surface area contributed by atoms with E-state index in [1.54, 1.807) is 0 Å². The Morgan fingerprint density at radius 2 is 1.41 bits per heavy atom. The van der Waals surface area contributed by atoms with Crippen molar-refractivity contribution in [2.24, 2.45) is 0 Å². The van der Waals surface area contributed by atoms with Crippen molar-refractivity contribution in [1.29, 1.82) is 0 Å². The summed E-state index contributed by atoms with van der Waals surface area (Å²) in [5.74, 6) is 6.18. The van der Waals surface area contributed by atoms with Gasteiger partial charge in [-0.3, -0.25) is 0 Å². The molecule has 0 heterocycles. The van der Waals surface area contributed by atoms with Gasteiger partial charge in [-0.2, -0.15) is 0 Å². The van der Waals surface area contributed by atoms with Crippen LogP contribution in [0.5, 0.6) is 0 Å². The molecule has 0 bridgehead atoms. The van der Waals surface area contributed by atoms with Gasteiger partial charge in [-0.25, -0.2) is 0 Å². The van der Waals surface area contributed by atoms with Crippen LogP contribution in [-0.4, -0.2) is 6.29 Å². The van der Waals surface area contributed by atoms with E-state index >= 15 is 0 Å². The van der Waals surface area contributed by atoms with Gasteiger partial charge in [0.25, 0.3) is 0 Å². The molecule has 0 radical (unpaired) electrons. The Morgan fingerprint density at radius 3 is 2.00 bits per heavy atom. The second-order valence-electron chi connectivity index (χ2n) is 3.68. The first kappa shape index (κ1) is 11.2. The molecule has 2 aromatic rings. The lowest BCUT2D eigenvalue weighted by molar-refractivity contribution is -0.107. The highest BCUT2D eigenvalue weighted by molar-refractivity contribution is 5.55. The smallest absolute Gasteiger partial charge is 0.124 e. The minimum Gasteiger partial charge on any atom is -0.303 e. The fraction of sp³-hybridized carbons (Fsp3) is 0.0625. The summed E-state index contributed by atoms with van der Waals surface area (Å²) in [6.07, 6.45) is 1.37. The Hall–Kier alpha value is -2.33. The Labute approximate surface area is 101 Å². The summed E-state index contributed by atoms with van der Waals surface area (Å²) in [4.78, 5) is 10.3. The molecule has 0 atom stereocenters. The lowest BCUT2D eigenvalue weighted by Crippen LogP contribution is -1.85. The number of carbonyl (C=O) groups is 1. The normalized spacial score (nSPS) is 9.18. The molecule has 0 unspecified atom stereocenters. The van der Waals surface area contributed by atoms with E-state index in [0.717, 1.165) is 23.0 Å². The Kier molecular flexibility index (Phi) is 3.72.